The van der Waals surface area contributed by atoms with Gasteiger partial charge < -0.3 is 25.2 Å². The quantitative estimate of drug-likeness (QED) is 0.599. The first kappa shape index (κ1) is 20.8. The Balaban J connectivity index is 1.62. The molecule has 6 heteroatoms. The lowest BCUT2D eigenvalue weighted by atomic mass is 9.87. The predicted molar refractivity (Wildman–Crippen MR) is 112 cm³/mol. The fourth-order valence-corrected chi connectivity index (χ4v) is 5.52. The smallest absolute Gasteiger partial charge is 0.113 e. The van der Waals surface area contributed by atoms with E-state index in [2.05, 4.69) is 31.2 Å². The Labute approximate surface area is 175 Å². The summed E-state index contributed by atoms with van der Waals surface area (Å²) in [7, 11) is 0. The molecule has 1 saturated heterocycles. The Morgan fingerprint density at radius 3 is 2.38 bits per heavy atom. The molecule has 2 aliphatic heterocycles. The maximum atomic E-state index is 10.5. The first-order valence-corrected chi connectivity index (χ1v) is 11.2. The van der Waals surface area contributed by atoms with Crippen LogP contribution in [0.25, 0.3) is 0 Å². The highest BCUT2D eigenvalue weighted by Crippen LogP contribution is 2.45. The van der Waals surface area contributed by atoms with Gasteiger partial charge >= 0.3 is 0 Å². The molecule has 2 aromatic rings. The van der Waals surface area contributed by atoms with Gasteiger partial charge in [-0.05, 0) is 34.7 Å². The Hall–Kier alpha value is -1.41. The fourth-order valence-electron chi connectivity index (χ4n) is 4.27. The van der Waals surface area contributed by atoms with Crippen molar-refractivity contribution < 1.29 is 25.2 Å². The van der Waals surface area contributed by atoms with Crippen LogP contribution >= 0.6 is 11.8 Å². The van der Waals surface area contributed by atoms with Crippen molar-refractivity contribution in [1.82, 2.24) is 0 Å². The summed E-state index contributed by atoms with van der Waals surface area (Å²) in [4.78, 5) is 1.21. The Morgan fingerprint density at radius 1 is 0.966 bits per heavy atom. The molecule has 4 rings (SSSR count). The van der Waals surface area contributed by atoms with E-state index in [1.807, 2.05) is 30.0 Å². The van der Waals surface area contributed by atoms with Gasteiger partial charge in [-0.1, -0.05) is 49.7 Å². The van der Waals surface area contributed by atoms with E-state index in [0.717, 1.165) is 24.2 Å². The van der Waals surface area contributed by atoms with Crippen LogP contribution in [0.3, 0.4) is 0 Å². The van der Waals surface area contributed by atoms with E-state index in [-0.39, 0.29) is 5.92 Å². The number of aliphatic hydroxyl groups is 4. The molecule has 0 aromatic heterocycles. The van der Waals surface area contributed by atoms with Crippen molar-refractivity contribution >= 4 is 11.8 Å². The molecule has 2 aromatic carbocycles. The van der Waals surface area contributed by atoms with Crippen LogP contribution in [0.15, 0.2) is 47.4 Å². The van der Waals surface area contributed by atoms with Gasteiger partial charge in [-0.15, -0.1) is 11.8 Å². The Morgan fingerprint density at radius 2 is 1.69 bits per heavy atom. The summed E-state index contributed by atoms with van der Waals surface area (Å²) in [5, 5.41) is 40.1. The third-order valence-corrected chi connectivity index (χ3v) is 7.14. The van der Waals surface area contributed by atoms with Crippen LogP contribution in [-0.2, 0) is 11.2 Å². The lowest BCUT2D eigenvalue weighted by molar-refractivity contribution is -0.231. The molecule has 0 amide bonds. The van der Waals surface area contributed by atoms with E-state index in [9.17, 15) is 20.4 Å². The molecule has 156 valence electrons. The number of hydrogen-bond acceptors (Lipinski definition) is 6. The molecule has 5 nitrogen and oxygen atoms in total. The zero-order valence-corrected chi connectivity index (χ0v) is 17.3. The van der Waals surface area contributed by atoms with Gasteiger partial charge in [-0.25, -0.2) is 0 Å². The average molecular weight is 417 g/mol. The van der Waals surface area contributed by atoms with E-state index in [1.165, 1.54) is 21.6 Å². The normalized spacial score (nSPS) is 31.6. The topological polar surface area (TPSA) is 90.2 Å². The SMILES string of the molecule is CCCc1ccc([C@@H]2CSc3ccc(C4OC(CO)C(O)C(O)C4O)cc32)cc1. The van der Waals surface area contributed by atoms with Crippen LogP contribution in [-0.4, -0.2) is 57.2 Å². The van der Waals surface area contributed by atoms with Gasteiger partial charge in [0.2, 0.25) is 0 Å². The molecule has 0 saturated carbocycles. The number of ether oxygens (including phenoxy) is 1. The van der Waals surface area contributed by atoms with Crippen LogP contribution in [0.5, 0.6) is 0 Å². The minimum atomic E-state index is -1.37. The van der Waals surface area contributed by atoms with Crippen molar-refractivity contribution in [3.8, 4) is 0 Å². The zero-order chi connectivity index (χ0) is 20.5. The van der Waals surface area contributed by atoms with Crippen LogP contribution < -0.4 is 0 Å². The van der Waals surface area contributed by atoms with Crippen molar-refractivity contribution in [1.29, 1.82) is 0 Å². The monoisotopic (exact) mass is 416 g/mol. The third-order valence-electron chi connectivity index (χ3n) is 5.96. The molecular formula is C23H28O5S. The van der Waals surface area contributed by atoms with E-state index < -0.39 is 37.1 Å². The maximum Gasteiger partial charge on any atom is 0.113 e. The van der Waals surface area contributed by atoms with Gasteiger partial charge in [0, 0.05) is 16.6 Å². The van der Waals surface area contributed by atoms with Gasteiger partial charge in [0.25, 0.3) is 0 Å². The summed E-state index contributed by atoms with van der Waals surface area (Å²) < 4.78 is 5.74. The van der Waals surface area contributed by atoms with Crippen molar-refractivity contribution in [2.24, 2.45) is 0 Å². The number of fused-ring (bicyclic) bond motifs is 1. The van der Waals surface area contributed by atoms with E-state index in [1.54, 1.807) is 0 Å². The standard InChI is InChI=1S/C23H28O5S/c1-2-3-13-4-6-14(7-5-13)17-12-29-19-9-8-15(10-16(17)19)23-22(27)21(26)20(25)18(11-24)28-23/h4-10,17-18,20-27H,2-3,11-12H2,1H3/t17-,18?,20?,21?,22?,23?/m0/s1. The molecular weight excluding hydrogens is 388 g/mol. The lowest BCUT2D eigenvalue weighted by Gasteiger charge is -2.40. The molecule has 1 fully saturated rings. The van der Waals surface area contributed by atoms with Crippen LogP contribution in [0.4, 0.5) is 0 Å². The molecule has 0 spiro atoms. The molecule has 29 heavy (non-hydrogen) atoms. The summed E-state index contributed by atoms with van der Waals surface area (Å²) in [5.74, 6) is 1.22. The highest BCUT2D eigenvalue weighted by Gasteiger charge is 2.44. The van der Waals surface area contributed by atoms with Crippen molar-refractivity contribution in [3.05, 3.63) is 64.7 Å². The number of benzene rings is 2. The van der Waals surface area contributed by atoms with E-state index >= 15 is 0 Å². The Kier molecular flexibility index (Phi) is 6.30. The predicted octanol–water partition coefficient (Wildman–Crippen LogP) is 2.39. The number of rotatable bonds is 5. The molecule has 4 N–H and O–H groups in total. The highest BCUT2D eigenvalue weighted by atomic mass is 32.2. The van der Waals surface area contributed by atoms with Gasteiger partial charge in [0.15, 0.2) is 0 Å². The van der Waals surface area contributed by atoms with E-state index in [4.69, 9.17) is 4.74 Å². The second kappa shape index (κ2) is 8.76. The fraction of sp³-hybridized carbons (Fsp3) is 0.478. The molecule has 5 unspecified atom stereocenters. The lowest BCUT2D eigenvalue weighted by Crippen LogP contribution is -2.55. The van der Waals surface area contributed by atoms with Crippen LogP contribution in [0.1, 0.15) is 47.6 Å². The largest absolute Gasteiger partial charge is 0.394 e. The van der Waals surface area contributed by atoms with Crippen molar-refractivity contribution in [3.63, 3.8) is 0 Å². The summed E-state index contributed by atoms with van der Waals surface area (Å²) >= 11 is 1.81. The number of thioether (sulfide) groups is 1. The van der Waals surface area contributed by atoms with Gasteiger partial charge in [0.05, 0.1) is 6.61 Å². The summed E-state index contributed by atoms with van der Waals surface area (Å²) in [6, 6.07) is 14.8. The first-order chi connectivity index (χ1) is 14.0. The first-order valence-electron chi connectivity index (χ1n) is 10.2. The molecule has 2 heterocycles. The average Bonchev–Trinajstić information content (AvgIpc) is 3.16. The highest BCUT2D eigenvalue weighted by molar-refractivity contribution is 7.99. The van der Waals surface area contributed by atoms with Crippen LogP contribution in [0, 0.1) is 0 Å². The maximum absolute atomic E-state index is 10.5. The zero-order valence-electron chi connectivity index (χ0n) is 16.4. The summed E-state index contributed by atoms with van der Waals surface area (Å²) in [6.45, 7) is 1.76. The van der Waals surface area contributed by atoms with E-state index in [0.29, 0.717) is 0 Å². The van der Waals surface area contributed by atoms with Gasteiger partial charge in [-0.2, -0.15) is 0 Å². The minimum absolute atomic E-state index is 0.260. The third kappa shape index (κ3) is 3.98. The second-order valence-corrected chi connectivity index (χ2v) is 8.96. The van der Waals surface area contributed by atoms with Gasteiger partial charge in [-0.3, -0.25) is 0 Å². The minimum Gasteiger partial charge on any atom is -0.394 e. The molecule has 6 atom stereocenters. The number of aliphatic hydroxyl groups excluding tert-OH is 4. The molecule has 2 aliphatic rings. The Bertz CT molecular complexity index is 838. The van der Waals surface area contributed by atoms with Crippen LogP contribution in [0.2, 0.25) is 0 Å². The van der Waals surface area contributed by atoms with Crippen molar-refractivity contribution in [2.45, 2.75) is 61.1 Å². The molecule has 0 aliphatic carbocycles. The molecule has 0 bridgehead atoms. The summed E-state index contributed by atoms with van der Waals surface area (Å²) in [5.41, 5.74) is 4.54. The van der Waals surface area contributed by atoms with Gasteiger partial charge in [0.1, 0.15) is 30.5 Å². The summed E-state index contributed by atoms with van der Waals surface area (Å²) in [6.07, 6.45) is -3.45. The number of aryl methyl sites for hydroxylation is 1. The second-order valence-electron chi connectivity index (χ2n) is 7.90. The molecule has 0 radical (unpaired) electrons. The number of hydrogen-bond donors (Lipinski definition) is 4. The van der Waals surface area contributed by atoms with Crippen molar-refractivity contribution in [2.75, 3.05) is 12.4 Å².